The Hall–Kier alpha value is -2.61. The van der Waals surface area contributed by atoms with Crippen molar-refractivity contribution in [3.05, 3.63) is 33.9 Å². The van der Waals surface area contributed by atoms with Crippen molar-refractivity contribution in [1.82, 2.24) is 4.57 Å². The highest BCUT2D eigenvalue weighted by molar-refractivity contribution is 5.97. The van der Waals surface area contributed by atoms with Gasteiger partial charge >= 0.3 is 5.97 Å². The first-order valence-corrected chi connectivity index (χ1v) is 10.3. The Labute approximate surface area is 167 Å². The molecule has 1 aromatic heterocycles. The molecule has 0 amide bonds. The summed E-state index contributed by atoms with van der Waals surface area (Å²) in [7, 11) is 1.49. The fourth-order valence-corrected chi connectivity index (χ4v) is 5.09. The summed E-state index contributed by atoms with van der Waals surface area (Å²) in [6.07, 6.45) is 5.51. The predicted molar refractivity (Wildman–Crippen MR) is 105 cm³/mol. The van der Waals surface area contributed by atoms with E-state index in [1.165, 1.54) is 25.8 Å². The number of nitrogens with zero attached hydrogens (tertiary/aromatic N) is 2. The second-order valence-corrected chi connectivity index (χ2v) is 8.45. The number of quaternary nitrogens is 1. The fraction of sp³-hybridized carbons (Fsp3) is 0.524. The van der Waals surface area contributed by atoms with Gasteiger partial charge in [-0.15, -0.1) is 0 Å². The van der Waals surface area contributed by atoms with Gasteiger partial charge in [-0.25, -0.2) is 9.18 Å². The van der Waals surface area contributed by atoms with Gasteiger partial charge in [0.15, 0.2) is 11.6 Å². The van der Waals surface area contributed by atoms with Gasteiger partial charge in [0.05, 0.1) is 31.1 Å². The smallest absolute Gasteiger partial charge is 0.341 e. The number of rotatable bonds is 4. The molecule has 3 fully saturated rings. The number of methoxy groups -OCH3 is 1. The van der Waals surface area contributed by atoms with Crippen molar-refractivity contribution >= 4 is 22.6 Å². The van der Waals surface area contributed by atoms with Gasteiger partial charge in [0.1, 0.15) is 17.3 Å². The molecule has 5 rings (SSSR count). The van der Waals surface area contributed by atoms with Crippen LogP contribution in [0.2, 0.25) is 0 Å². The van der Waals surface area contributed by atoms with E-state index in [4.69, 9.17) is 4.74 Å². The van der Waals surface area contributed by atoms with Gasteiger partial charge in [0, 0.05) is 24.7 Å². The van der Waals surface area contributed by atoms with E-state index in [9.17, 15) is 14.7 Å². The molecule has 0 radical (unpaired) electrons. The van der Waals surface area contributed by atoms with Crippen LogP contribution in [-0.2, 0) is 0 Å². The molecule has 3 aliphatic rings. The van der Waals surface area contributed by atoms with E-state index < -0.39 is 17.2 Å². The summed E-state index contributed by atoms with van der Waals surface area (Å²) in [6.45, 7) is 2.61. The molecule has 2 aromatic rings. The zero-order valence-corrected chi connectivity index (χ0v) is 16.4. The largest absolute Gasteiger partial charge is 0.492 e. The maximum atomic E-state index is 15.3. The minimum absolute atomic E-state index is 0.0677. The molecular weight excluding hydrogens is 377 g/mol. The summed E-state index contributed by atoms with van der Waals surface area (Å²) >= 11 is 0. The summed E-state index contributed by atoms with van der Waals surface area (Å²) < 4.78 is 22.8. The van der Waals surface area contributed by atoms with Gasteiger partial charge in [0.2, 0.25) is 5.43 Å². The summed E-state index contributed by atoms with van der Waals surface area (Å²) in [5, 5.41) is 11.9. The van der Waals surface area contributed by atoms with Crippen molar-refractivity contribution in [2.75, 3.05) is 31.6 Å². The maximum absolute atomic E-state index is 15.3. The Kier molecular flexibility index (Phi) is 4.27. The van der Waals surface area contributed by atoms with Crippen LogP contribution in [0.25, 0.3) is 10.9 Å². The van der Waals surface area contributed by atoms with E-state index in [1.807, 2.05) is 4.90 Å². The third-order valence-corrected chi connectivity index (χ3v) is 6.63. The number of halogens is 1. The average Bonchev–Trinajstić information content (AvgIpc) is 3.45. The van der Waals surface area contributed by atoms with Crippen molar-refractivity contribution < 1.29 is 24.3 Å². The molecule has 0 bridgehead atoms. The SMILES string of the molecule is COc1c(N2C[C@@H]3CCC[NH2+][C@@H]3C2)c(F)cc2c(=O)c(C(=O)O)cn(C3CC3)c12. The van der Waals surface area contributed by atoms with E-state index >= 15 is 4.39 Å². The van der Waals surface area contributed by atoms with Crippen LogP contribution in [0.3, 0.4) is 0 Å². The number of fused-ring (bicyclic) bond motifs is 2. The van der Waals surface area contributed by atoms with E-state index in [-0.39, 0.29) is 17.0 Å². The van der Waals surface area contributed by atoms with Crippen molar-refractivity contribution in [3.63, 3.8) is 0 Å². The molecule has 2 atom stereocenters. The maximum Gasteiger partial charge on any atom is 0.341 e. The molecule has 2 saturated heterocycles. The first kappa shape index (κ1) is 18.4. The Morgan fingerprint density at radius 2 is 2.10 bits per heavy atom. The molecule has 8 heteroatoms. The number of hydrogen-bond acceptors (Lipinski definition) is 4. The molecule has 3 heterocycles. The molecule has 1 saturated carbocycles. The lowest BCUT2D eigenvalue weighted by Crippen LogP contribution is -2.93. The quantitative estimate of drug-likeness (QED) is 0.806. The number of hydrogen-bond donors (Lipinski definition) is 2. The first-order chi connectivity index (χ1) is 14.0. The summed E-state index contributed by atoms with van der Waals surface area (Å²) in [6, 6.07) is 1.76. The summed E-state index contributed by atoms with van der Waals surface area (Å²) in [5.41, 5.74) is -0.114. The minimum atomic E-state index is -1.30. The van der Waals surface area contributed by atoms with Gasteiger partial charge in [0.25, 0.3) is 0 Å². The number of carboxylic acids is 1. The number of aromatic nitrogens is 1. The molecule has 1 aromatic carbocycles. The second-order valence-electron chi connectivity index (χ2n) is 8.45. The molecular formula is C21H25FN3O4+. The highest BCUT2D eigenvalue weighted by atomic mass is 19.1. The van der Waals surface area contributed by atoms with Crippen LogP contribution in [0.1, 0.15) is 42.1 Å². The summed E-state index contributed by atoms with van der Waals surface area (Å²) in [4.78, 5) is 26.4. The van der Waals surface area contributed by atoms with Gasteiger partial charge in [-0.2, -0.15) is 0 Å². The van der Waals surface area contributed by atoms with Crippen LogP contribution < -0.4 is 20.4 Å². The topological polar surface area (TPSA) is 88.4 Å². The Morgan fingerprint density at radius 3 is 2.76 bits per heavy atom. The van der Waals surface area contributed by atoms with Crippen LogP contribution >= 0.6 is 0 Å². The van der Waals surface area contributed by atoms with Crippen molar-refractivity contribution in [3.8, 4) is 5.75 Å². The Bertz CT molecular complexity index is 1050. The lowest BCUT2D eigenvalue weighted by Gasteiger charge is -2.24. The number of piperidine rings is 1. The number of nitrogens with two attached hydrogens (primary N) is 1. The number of anilines is 1. The normalized spacial score (nSPS) is 24.0. The van der Waals surface area contributed by atoms with Crippen LogP contribution in [0.5, 0.6) is 5.75 Å². The van der Waals surface area contributed by atoms with Crippen molar-refractivity contribution in [2.24, 2.45) is 5.92 Å². The molecule has 29 heavy (non-hydrogen) atoms. The molecule has 2 aliphatic heterocycles. The zero-order chi connectivity index (χ0) is 20.3. The molecule has 0 spiro atoms. The number of benzene rings is 1. The van der Waals surface area contributed by atoms with E-state index in [1.54, 1.807) is 4.57 Å². The summed E-state index contributed by atoms with van der Waals surface area (Å²) in [5.74, 6) is -0.980. The highest BCUT2D eigenvalue weighted by Crippen LogP contribution is 2.44. The fourth-order valence-electron chi connectivity index (χ4n) is 5.09. The van der Waals surface area contributed by atoms with Gasteiger partial charge < -0.3 is 24.6 Å². The highest BCUT2D eigenvalue weighted by Gasteiger charge is 2.40. The molecule has 3 N–H and O–H groups in total. The molecule has 154 valence electrons. The van der Waals surface area contributed by atoms with Gasteiger partial charge in [-0.1, -0.05) is 0 Å². The minimum Gasteiger partial charge on any atom is -0.492 e. The third-order valence-electron chi connectivity index (χ3n) is 6.63. The van der Waals surface area contributed by atoms with Crippen molar-refractivity contribution in [2.45, 2.75) is 37.8 Å². The van der Waals surface area contributed by atoms with Crippen molar-refractivity contribution in [1.29, 1.82) is 0 Å². The van der Waals surface area contributed by atoms with Crippen LogP contribution in [-0.4, -0.2) is 48.4 Å². The van der Waals surface area contributed by atoms with E-state index in [2.05, 4.69) is 5.32 Å². The van der Waals surface area contributed by atoms with Crippen LogP contribution in [0.15, 0.2) is 17.1 Å². The molecule has 0 unspecified atom stereocenters. The lowest BCUT2D eigenvalue weighted by molar-refractivity contribution is -0.699. The molecule has 7 nitrogen and oxygen atoms in total. The first-order valence-electron chi connectivity index (χ1n) is 10.3. The Morgan fingerprint density at radius 1 is 1.31 bits per heavy atom. The number of aromatic carboxylic acids is 1. The number of ether oxygens (including phenoxy) is 1. The predicted octanol–water partition coefficient (Wildman–Crippen LogP) is 1.34. The van der Waals surface area contributed by atoms with Crippen LogP contribution in [0, 0.1) is 11.7 Å². The average molecular weight is 402 g/mol. The number of carbonyl (C=O) groups is 1. The second kappa shape index (κ2) is 6.73. The molecule has 1 aliphatic carbocycles. The third kappa shape index (κ3) is 2.88. The van der Waals surface area contributed by atoms with Gasteiger partial charge in [-0.05, 0) is 31.7 Å². The lowest BCUT2D eigenvalue weighted by atomic mass is 9.94. The van der Waals surface area contributed by atoms with E-state index in [0.29, 0.717) is 28.9 Å². The van der Waals surface area contributed by atoms with Gasteiger partial charge in [-0.3, -0.25) is 4.79 Å². The number of carboxylic acid groups (broad SMARTS) is 1. The Balaban J connectivity index is 1.73. The monoisotopic (exact) mass is 402 g/mol. The zero-order valence-electron chi connectivity index (χ0n) is 16.4. The van der Waals surface area contributed by atoms with E-state index in [0.717, 1.165) is 38.9 Å². The number of pyridine rings is 1. The van der Waals surface area contributed by atoms with Crippen LogP contribution in [0.4, 0.5) is 10.1 Å². The standard InChI is InChI=1S/C21H24FN3O4/c1-29-20-17-13(19(26)14(21(27)28)9-25(17)12-4-5-12)7-15(22)18(20)24-8-11-3-2-6-23-16(11)10-24/h7,9,11-12,16,23H,2-6,8,10H2,1H3,(H,27,28)/p+1/t11-,16+/m0/s1.